The van der Waals surface area contributed by atoms with E-state index in [9.17, 15) is 0 Å². The summed E-state index contributed by atoms with van der Waals surface area (Å²) in [7, 11) is 0. The van der Waals surface area contributed by atoms with Crippen LogP contribution in [0.5, 0.6) is 0 Å². The molecule has 2 N–H and O–H groups in total. The minimum atomic E-state index is 0.304. The van der Waals surface area contributed by atoms with Crippen molar-refractivity contribution in [3.8, 4) is 0 Å². The van der Waals surface area contributed by atoms with Gasteiger partial charge >= 0.3 is 0 Å². The minimum absolute atomic E-state index is 0.304. The molecule has 2 heterocycles. The highest BCUT2D eigenvalue weighted by molar-refractivity contribution is 7.15. The zero-order valence-corrected chi connectivity index (χ0v) is 11.0. The largest absolute Gasteiger partial charge is 0.375 e. The molecule has 2 fully saturated rings. The molecule has 1 atom stereocenters. The van der Waals surface area contributed by atoms with Crippen LogP contribution in [-0.2, 0) is 11.3 Å². The first kappa shape index (κ1) is 11.4. The van der Waals surface area contributed by atoms with Gasteiger partial charge in [0.15, 0.2) is 5.13 Å². The summed E-state index contributed by atoms with van der Waals surface area (Å²) < 4.78 is 5.56. The highest BCUT2D eigenvalue weighted by Crippen LogP contribution is 2.44. The topological polar surface area (TPSA) is 51.4 Å². The van der Waals surface area contributed by atoms with Crippen molar-refractivity contribution in [2.45, 2.75) is 38.3 Å². The smallest absolute Gasteiger partial charge is 0.186 e. The summed E-state index contributed by atoms with van der Waals surface area (Å²) in [6.07, 6.45) is 2.88. The maximum absolute atomic E-state index is 5.81. The Bertz CT molecular complexity index is 402. The molecule has 1 aromatic rings. The number of hydrogen-bond donors (Lipinski definition) is 1. The van der Waals surface area contributed by atoms with Gasteiger partial charge in [0.25, 0.3) is 0 Å². The van der Waals surface area contributed by atoms with Crippen LogP contribution in [0.4, 0.5) is 5.13 Å². The zero-order valence-electron chi connectivity index (χ0n) is 10.2. The quantitative estimate of drug-likeness (QED) is 0.891. The van der Waals surface area contributed by atoms with Gasteiger partial charge in [0.05, 0.1) is 18.4 Å². The molecular weight excluding hydrogens is 234 g/mol. The lowest BCUT2D eigenvalue weighted by atomic mass is 10.2. The summed E-state index contributed by atoms with van der Waals surface area (Å²) in [6, 6.07) is 0. The van der Waals surface area contributed by atoms with E-state index >= 15 is 0 Å². The number of anilines is 1. The highest BCUT2D eigenvalue weighted by atomic mass is 32.1. The van der Waals surface area contributed by atoms with Crippen LogP contribution in [0.25, 0.3) is 0 Å². The molecule has 1 aliphatic heterocycles. The Morgan fingerprint density at radius 1 is 1.53 bits per heavy atom. The number of nitrogens with two attached hydrogens (primary N) is 1. The van der Waals surface area contributed by atoms with E-state index in [1.807, 2.05) is 0 Å². The summed E-state index contributed by atoms with van der Waals surface area (Å²) in [5.41, 5.74) is 7.08. The summed E-state index contributed by atoms with van der Waals surface area (Å²) in [5.74, 6) is 0.692. The maximum Gasteiger partial charge on any atom is 0.186 e. The van der Waals surface area contributed by atoms with Gasteiger partial charge < -0.3 is 15.4 Å². The predicted octanol–water partition coefficient (Wildman–Crippen LogP) is 1.70. The summed E-state index contributed by atoms with van der Waals surface area (Å²) in [4.78, 5) is 8.43. The van der Waals surface area contributed by atoms with Gasteiger partial charge in [0, 0.05) is 30.4 Å². The number of rotatable bonds is 3. The number of ether oxygens (including phenoxy) is 1. The molecule has 3 rings (SSSR count). The monoisotopic (exact) mass is 253 g/mol. The molecule has 0 aromatic carbocycles. The lowest BCUT2D eigenvalue weighted by molar-refractivity contribution is 0.0532. The molecule has 2 aliphatic rings. The fraction of sp³-hybridized carbons (Fsp3) is 0.750. The second kappa shape index (κ2) is 4.55. The number of nitrogens with zero attached hydrogens (tertiary/aromatic N) is 2. The van der Waals surface area contributed by atoms with Gasteiger partial charge in [-0.15, -0.1) is 11.3 Å². The average molecular weight is 253 g/mol. The summed E-state index contributed by atoms with van der Waals surface area (Å²) >= 11 is 1.77. The van der Waals surface area contributed by atoms with Crippen LogP contribution in [0.3, 0.4) is 0 Å². The molecule has 1 aromatic heterocycles. The Balaban J connectivity index is 1.82. The Kier molecular flexibility index (Phi) is 3.06. The van der Waals surface area contributed by atoms with E-state index in [1.165, 1.54) is 23.4 Å². The highest BCUT2D eigenvalue weighted by Gasteiger charge is 2.30. The lowest BCUT2D eigenvalue weighted by Gasteiger charge is -2.30. The Hall–Kier alpha value is -0.650. The number of thiazole rings is 1. The summed E-state index contributed by atoms with van der Waals surface area (Å²) in [6.45, 7) is 5.44. The average Bonchev–Trinajstić information content (AvgIpc) is 3.08. The van der Waals surface area contributed by atoms with Crippen LogP contribution in [0.2, 0.25) is 0 Å². The summed E-state index contributed by atoms with van der Waals surface area (Å²) in [5, 5.41) is 1.14. The molecule has 94 valence electrons. The van der Waals surface area contributed by atoms with Gasteiger partial charge in [-0.25, -0.2) is 4.98 Å². The van der Waals surface area contributed by atoms with Crippen molar-refractivity contribution in [3.63, 3.8) is 0 Å². The first-order chi connectivity index (χ1) is 8.28. The molecule has 17 heavy (non-hydrogen) atoms. The molecule has 0 spiro atoms. The first-order valence-corrected chi connectivity index (χ1v) is 7.15. The van der Waals surface area contributed by atoms with Crippen molar-refractivity contribution in [2.24, 2.45) is 5.73 Å². The standard InChI is InChI=1S/C12H19N3OS/c1-8-7-15(4-5-16-8)12-14-11(9-2-3-9)10(6-13)17-12/h8-9H,2-7,13H2,1H3. The third kappa shape index (κ3) is 2.32. The van der Waals surface area contributed by atoms with Crippen LogP contribution in [0.15, 0.2) is 0 Å². The molecule has 4 nitrogen and oxygen atoms in total. The van der Waals surface area contributed by atoms with Crippen LogP contribution in [0.1, 0.15) is 36.3 Å². The van der Waals surface area contributed by atoms with E-state index in [0.717, 1.165) is 24.8 Å². The third-order valence-electron chi connectivity index (χ3n) is 3.38. The van der Waals surface area contributed by atoms with Crippen molar-refractivity contribution in [1.82, 2.24) is 4.98 Å². The number of morpholine rings is 1. The van der Waals surface area contributed by atoms with Crippen LogP contribution < -0.4 is 10.6 Å². The van der Waals surface area contributed by atoms with E-state index < -0.39 is 0 Å². The molecule has 5 heteroatoms. The van der Waals surface area contributed by atoms with Crippen LogP contribution in [-0.4, -0.2) is 30.8 Å². The SMILES string of the molecule is CC1CN(c2nc(C3CC3)c(CN)s2)CCO1. The molecule has 0 radical (unpaired) electrons. The molecular formula is C12H19N3OS. The van der Waals surface area contributed by atoms with E-state index in [0.29, 0.717) is 18.6 Å². The number of hydrogen-bond acceptors (Lipinski definition) is 5. The molecule has 0 bridgehead atoms. The van der Waals surface area contributed by atoms with Gasteiger partial charge in [0.1, 0.15) is 0 Å². The predicted molar refractivity (Wildman–Crippen MR) is 69.6 cm³/mol. The van der Waals surface area contributed by atoms with Crippen molar-refractivity contribution in [1.29, 1.82) is 0 Å². The van der Waals surface area contributed by atoms with E-state index in [1.54, 1.807) is 11.3 Å². The van der Waals surface area contributed by atoms with Gasteiger partial charge in [-0.05, 0) is 19.8 Å². The number of aromatic nitrogens is 1. The second-order valence-corrected chi connectivity index (χ2v) is 5.97. The van der Waals surface area contributed by atoms with Crippen molar-refractivity contribution < 1.29 is 4.74 Å². The molecule has 1 aliphatic carbocycles. The Morgan fingerprint density at radius 2 is 2.35 bits per heavy atom. The Labute approximate surface area is 106 Å². The minimum Gasteiger partial charge on any atom is -0.375 e. The van der Waals surface area contributed by atoms with Crippen molar-refractivity contribution >= 4 is 16.5 Å². The van der Waals surface area contributed by atoms with Crippen LogP contribution in [0, 0.1) is 0 Å². The van der Waals surface area contributed by atoms with E-state index in [2.05, 4.69) is 11.8 Å². The molecule has 1 saturated heterocycles. The van der Waals surface area contributed by atoms with Crippen molar-refractivity contribution in [3.05, 3.63) is 10.6 Å². The fourth-order valence-electron chi connectivity index (χ4n) is 2.30. The van der Waals surface area contributed by atoms with E-state index in [-0.39, 0.29) is 0 Å². The van der Waals surface area contributed by atoms with Gasteiger partial charge in [-0.3, -0.25) is 0 Å². The maximum atomic E-state index is 5.81. The van der Waals surface area contributed by atoms with Gasteiger partial charge in [-0.1, -0.05) is 0 Å². The Morgan fingerprint density at radius 3 is 3.00 bits per heavy atom. The molecule has 1 saturated carbocycles. The first-order valence-electron chi connectivity index (χ1n) is 6.34. The second-order valence-electron chi connectivity index (χ2n) is 4.91. The van der Waals surface area contributed by atoms with Gasteiger partial charge in [0.2, 0.25) is 0 Å². The zero-order chi connectivity index (χ0) is 11.8. The van der Waals surface area contributed by atoms with Crippen LogP contribution >= 0.6 is 11.3 Å². The van der Waals surface area contributed by atoms with Crippen molar-refractivity contribution in [2.75, 3.05) is 24.6 Å². The fourth-order valence-corrected chi connectivity index (χ4v) is 3.36. The van der Waals surface area contributed by atoms with Gasteiger partial charge in [-0.2, -0.15) is 0 Å². The van der Waals surface area contributed by atoms with E-state index in [4.69, 9.17) is 15.5 Å². The molecule has 0 amide bonds. The normalized spacial score (nSPS) is 25.3. The lowest BCUT2D eigenvalue weighted by Crippen LogP contribution is -2.41. The molecule has 1 unspecified atom stereocenters. The third-order valence-corrected chi connectivity index (χ3v) is 4.53.